The van der Waals surface area contributed by atoms with Crippen LogP contribution in [-0.2, 0) is 4.79 Å². The van der Waals surface area contributed by atoms with Crippen molar-refractivity contribution in [3.05, 3.63) is 70.5 Å². The van der Waals surface area contributed by atoms with Gasteiger partial charge in [0, 0.05) is 35.3 Å². The van der Waals surface area contributed by atoms with Crippen LogP contribution in [0.3, 0.4) is 0 Å². The third-order valence-electron chi connectivity index (χ3n) is 5.50. The van der Waals surface area contributed by atoms with Crippen molar-refractivity contribution in [2.75, 3.05) is 18.4 Å². The quantitative estimate of drug-likeness (QED) is 0.601. The number of hydrogen-bond donors (Lipinski definition) is 1. The van der Waals surface area contributed by atoms with E-state index in [1.807, 2.05) is 29.6 Å². The Hall–Kier alpha value is -3.32. The van der Waals surface area contributed by atoms with E-state index < -0.39 is 0 Å². The molecule has 158 valence electrons. The summed E-state index contributed by atoms with van der Waals surface area (Å²) in [5.41, 5.74) is 5.23. The molecule has 4 rings (SSSR count). The Morgan fingerprint density at radius 3 is 2.48 bits per heavy atom. The van der Waals surface area contributed by atoms with Gasteiger partial charge in [0.15, 0.2) is 5.78 Å². The summed E-state index contributed by atoms with van der Waals surface area (Å²) in [6, 6.07) is 14.4. The van der Waals surface area contributed by atoms with E-state index in [0.29, 0.717) is 29.9 Å². The Bertz CT molecular complexity index is 1090. The van der Waals surface area contributed by atoms with Crippen molar-refractivity contribution in [2.45, 2.75) is 19.8 Å². The molecule has 1 saturated heterocycles. The summed E-state index contributed by atoms with van der Waals surface area (Å²) >= 11 is 1.54. The highest BCUT2D eigenvalue weighted by Crippen LogP contribution is 2.24. The molecule has 3 aromatic rings. The Labute approximate surface area is 184 Å². The molecule has 0 bridgehead atoms. The molecule has 1 aliphatic rings. The number of thiazole rings is 1. The van der Waals surface area contributed by atoms with Gasteiger partial charge in [-0.2, -0.15) is 0 Å². The largest absolute Gasteiger partial charge is 0.338 e. The second kappa shape index (κ2) is 9.22. The maximum atomic E-state index is 13.0. The summed E-state index contributed by atoms with van der Waals surface area (Å²) in [6.07, 6.45) is 1.47. The molecular weight excluding hydrogens is 410 g/mol. The number of hydrogen-bond acceptors (Lipinski definition) is 5. The molecule has 1 aliphatic heterocycles. The topological polar surface area (TPSA) is 79.4 Å². The minimum Gasteiger partial charge on any atom is -0.338 e. The maximum Gasteiger partial charge on any atom is 0.254 e. The molecule has 0 saturated carbocycles. The Morgan fingerprint density at radius 1 is 1.06 bits per heavy atom. The molecular formula is C24H23N3O3S. The predicted octanol–water partition coefficient (Wildman–Crippen LogP) is 4.50. The third-order valence-corrected chi connectivity index (χ3v) is 6.08. The first kappa shape index (κ1) is 20.9. The number of nitrogens with zero attached hydrogens (tertiary/aromatic N) is 2. The summed E-state index contributed by atoms with van der Waals surface area (Å²) < 4.78 is 0. The maximum absolute atomic E-state index is 13.0. The summed E-state index contributed by atoms with van der Waals surface area (Å²) in [5, 5.41) is 4.94. The molecule has 2 aromatic carbocycles. The molecule has 0 spiro atoms. The standard InChI is InChI=1S/C24H23N3O3S/c1-16(28)20-6-2-3-7-21(20)24(30)27-12-4-5-18(13-27)23(29)26-19-10-8-17(9-11-19)22-14-31-15-25-22/h2-3,6-11,14-15,18H,4-5,12-13H2,1H3,(H,26,29). The van der Waals surface area contributed by atoms with Crippen LogP contribution < -0.4 is 5.32 Å². The molecule has 0 aliphatic carbocycles. The minimum atomic E-state index is -0.291. The highest BCUT2D eigenvalue weighted by atomic mass is 32.1. The summed E-state index contributed by atoms with van der Waals surface area (Å²) in [5.74, 6) is -0.730. The first-order chi connectivity index (χ1) is 15.0. The van der Waals surface area contributed by atoms with Gasteiger partial charge in [0.2, 0.25) is 5.91 Å². The van der Waals surface area contributed by atoms with Crippen LogP contribution >= 0.6 is 11.3 Å². The van der Waals surface area contributed by atoms with E-state index in [-0.39, 0.29) is 23.5 Å². The summed E-state index contributed by atoms with van der Waals surface area (Å²) in [6.45, 7) is 2.38. The summed E-state index contributed by atoms with van der Waals surface area (Å²) in [4.78, 5) is 43.7. The van der Waals surface area contributed by atoms with Crippen molar-refractivity contribution < 1.29 is 14.4 Å². The number of benzene rings is 2. The fourth-order valence-corrected chi connectivity index (χ4v) is 4.41. The number of piperidine rings is 1. The zero-order valence-corrected chi connectivity index (χ0v) is 18.0. The van der Waals surface area contributed by atoms with Crippen molar-refractivity contribution >= 4 is 34.6 Å². The first-order valence-electron chi connectivity index (χ1n) is 10.2. The number of ketones is 1. The third kappa shape index (κ3) is 4.72. The van der Waals surface area contributed by atoms with Crippen LogP contribution in [0.1, 0.15) is 40.5 Å². The number of amides is 2. The average molecular weight is 434 g/mol. The zero-order chi connectivity index (χ0) is 21.8. The lowest BCUT2D eigenvalue weighted by Gasteiger charge is -2.32. The van der Waals surface area contributed by atoms with Crippen LogP contribution in [0.2, 0.25) is 0 Å². The summed E-state index contributed by atoms with van der Waals surface area (Å²) in [7, 11) is 0. The molecule has 2 amide bonds. The molecule has 7 heteroatoms. The molecule has 1 N–H and O–H groups in total. The van der Waals surface area contributed by atoms with Crippen LogP contribution in [0.4, 0.5) is 5.69 Å². The van der Waals surface area contributed by atoms with Gasteiger partial charge < -0.3 is 10.2 Å². The van der Waals surface area contributed by atoms with Gasteiger partial charge in [0.25, 0.3) is 5.91 Å². The number of rotatable bonds is 5. The van der Waals surface area contributed by atoms with Crippen LogP contribution in [0, 0.1) is 5.92 Å². The van der Waals surface area contributed by atoms with Crippen molar-refractivity contribution in [1.82, 2.24) is 9.88 Å². The van der Waals surface area contributed by atoms with Gasteiger partial charge in [0.1, 0.15) is 0 Å². The van der Waals surface area contributed by atoms with Crippen LogP contribution in [0.5, 0.6) is 0 Å². The predicted molar refractivity (Wildman–Crippen MR) is 121 cm³/mol. The smallest absolute Gasteiger partial charge is 0.254 e. The van der Waals surface area contributed by atoms with E-state index >= 15 is 0 Å². The zero-order valence-electron chi connectivity index (χ0n) is 17.2. The van der Waals surface area contributed by atoms with Crippen LogP contribution in [-0.4, -0.2) is 40.6 Å². The molecule has 6 nitrogen and oxygen atoms in total. The second-order valence-electron chi connectivity index (χ2n) is 7.63. The van der Waals surface area contributed by atoms with Gasteiger partial charge in [-0.3, -0.25) is 14.4 Å². The number of anilines is 1. The van der Waals surface area contributed by atoms with Crippen LogP contribution in [0.25, 0.3) is 11.3 Å². The number of likely N-dealkylation sites (tertiary alicyclic amines) is 1. The Kier molecular flexibility index (Phi) is 6.23. The lowest BCUT2D eigenvalue weighted by Crippen LogP contribution is -2.44. The molecule has 2 heterocycles. The van der Waals surface area contributed by atoms with Gasteiger partial charge >= 0.3 is 0 Å². The van der Waals surface area contributed by atoms with E-state index in [1.165, 1.54) is 18.3 Å². The van der Waals surface area contributed by atoms with E-state index in [1.54, 1.807) is 34.7 Å². The molecule has 0 radical (unpaired) electrons. The van der Waals surface area contributed by atoms with E-state index in [2.05, 4.69) is 10.3 Å². The molecule has 1 aromatic heterocycles. The van der Waals surface area contributed by atoms with E-state index in [4.69, 9.17) is 0 Å². The first-order valence-corrected chi connectivity index (χ1v) is 11.2. The number of nitrogens with one attached hydrogen (secondary N) is 1. The monoisotopic (exact) mass is 433 g/mol. The highest BCUT2D eigenvalue weighted by molar-refractivity contribution is 7.07. The van der Waals surface area contributed by atoms with Gasteiger partial charge in [-0.25, -0.2) is 4.98 Å². The normalized spacial score (nSPS) is 16.0. The van der Waals surface area contributed by atoms with E-state index in [9.17, 15) is 14.4 Å². The Morgan fingerprint density at radius 2 is 1.81 bits per heavy atom. The van der Waals surface area contributed by atoms with Gasteiger partial charge in [-0.15, -0.1) is 11.3 Å². The minimum absolute atomic E-state index is 0.0984. The number of aromatic nitrogens is 1. The second-order valence-corrected chi connectivity index (χ2v) is 8.35. The number of Topliss-reactive ketones (excluding diaryl/α,β-unsaturated/α-hetero) is 1. The van der Waals surface area contributed by atoms with E-state index in [0.717, 1.165) is 24.1 Å². The van der Waals surface area contributed by atoms with Crippen molar-refractivity contribution in [2.24, 2.45) is 5.92 Å². The van der Waals surface area contributed by atoms with Crippen molar-refractivity contribution in [3.8, 4) is 11.3 Å². The fraction of sp³-hybridized carbons (Fsp3) is 0.250. The molecule has 1 fully saturated rings. The molecule has 1 unspecified atom stereocenters. The van der Waals surface area contributed by atoms with Gasteiger partial charge in [-0.05, 0) is 38.0 Å². The lowest BCUT2D eigenvalue weighted by atomic mass is 9.95. The molecule has 31 heavy (non-hydrogen) atoms. The SMILES string of the molecule is CC(=O)c1ccccc1C(=O)N1CCCC(C(=O)Nc2ccc(-c3cscn3)cc2)C1. The van der Waals surface area contributed by atoms with Crippen LogP contribution in [0.15, 0.2) is 59.4 Å². The lowest BCUT2D eigenvalue weighted by molar-refractivity contribution is -0.121. The van der Waals surface area contributed by atoms with Gasteiger partial charge in [0.05, 0.1) is 22.7 Å². The highest BCUT2D eigenvalue weighted by Gasteiger charge is 2.30. The number of carbonyl (C=O) groups is 3. The van der Waals surface area contributed by atoms with Crippen molar-refractivity contribution in [1.29, 1.82) is 0 Å². The fourth-order valence-electron chi connectivity index (χ4n) is 3.85. The number of carbonyl (C=O) groups excluding carboxylic acids is 3. The Balaban J connectivity index is 1.42. The average Bonchev–Trinajstić information content (AvgIpc) is 3.34. The van der Waals surface area contributed by atoms with Gasteiger partial charge in [-0.1, -0.05) is 30.3 Å². The van der Waals surface area contributed by atoms with Crippen molar-refractivity contribution in [3.63, 3.8) is 0 Å². The molecule has 1 atom stereocenters.